The summed E-state index contributed by atoms with van der Waals surface area (Å²) in [5.74, 6) is 0. The third-order valence-electron chi connectivity index (χ3n) is 3.58. The highest BCUT2D eigenvalue weighted by molar-refractivity contribution is 5.27. The van der Waals surface area contributed by atoms with Crippen LogP contribution < -0.4 is 0 Å². The number of rotatable bonds is 3. The third kappa shape index (κ3) is 2.63. The zero-order chi connectivity index (χ0) is 12.5. The summed E-state index contributed by atoms with van der Waals surface area (Å²) in [4.78, 5) is 0. The van der Waals surface area contributed by atoms with Crippen molar-refractivity contribution in [2.24, 2.45) is 5.41 Å². The van der Waals surface area contributed by atoms with Crippen molar-refractivity contribution in [2.75, 3.05) is 6.61 Å². The Balaban J connectivity index is 2.17. The largest absolute Gasteiger partial charge is 0.416 e. The number of halogens is 3. The molecule has 0 spiro atoms. The molecule has 0 atom stereocenters. The summed E-state index contributed by atoms with van der Waals surface area (Å²) in [5.41, 5.74) is -0.125. The molecule has 1 aromatic carbocycles. The number of aliphatic hydroxyl groups is 1. The van der Waals surface area contributed by atoms with E-state index >= 15 is 0 Å². The highest BCUT2D eigenvalue weighted by atomic mass is 19.4. The van der Waals surface area contributed by atoms with Gasteiger partial charge in [-0.1, -0.05) is 24.6 Å². The predicted molar refractivity (Wildman–Crippen MR) is 58.5 cm³/mol. The number of benzene rings is 1. The zero-order valence-corrected chi connectivity index (χ0v) is 9.43. The maximum absolute atomic E-state index is 12.5. The Morgan fingerprint density at radius 2 is 1.94 bits per heavy atom. The second-order valence-electron chi connectivity index (χ2n) is 4.89. The molecule has 0 aromatic heterocycles. The SMILES string of the molecule is OCC1(Cc2cccc(C(F)(F)F)c2)CCC1. The molecule has 1 N–H and O–H groups in total. The van der Waals surface area contributed by atoms with Gasteiger partial charge in [0.05, 0.1) is 5.56 Å². The van der Waals surface area contributed by atoms with Crippen molar-refractivity contribution in [2.45, 2.75) is 31.9 Å². The topological polar surface area (TPSA) is 20.2 Å². The summed E-state index contributed by atoms with van der Waals surface area (Å²) in [5, 5.41) is 9.30. The first-order chi connectivity index (χ1) is 7.95. The van der Waals surface area contributed by atoms with E-state index in [-0.39, 0.29) is 12.0 Å². The van der Waals surface area contributed by atoms with Gasteiger partial charge < -0.3 is 5.11 Å². The van der Waals surface area contributed by atoms with Crippen molar-refractivity contribution >= 4 is 0 Å². The van der Waals surface area contributed by atoms with Crippen LogP contribution in [0.3, 0.4) is 0 Å². The summed E-state index contributed by atoms with van der Waals surface area (Å²) in [7, 11) is 0. The molecule has 0 bridgehead atoms. The molecule has 1 aliphatic rings. The number of hydrogen-bond acceptors (Lipinski definition) is 1. The molecule has 0 aliphatic heterocycles. The predicted octanol–water partition coefficient (Wildman–Crippen LogP) is 3.41. The summed E-state index contributed by atoms with van der Waals surface area (Å²) < 4.78 is 37.6. The van der Waals surface area contributed by atoms with Crippen LogP contribution in [0.15, 0.2) is 24.3 Å². The van der Waals surface area contributed by atoms with E-state index in [9.17, 15) is 18.3 Å². The molecule has 0 saturated heterocycles. The summed E-state index contributed by atoms with van der Waals surface area (Å²) in [6.07, 6.45) is -0.894. The van der Waals surface area contributed by atoms with Crippen LogP contribution in [0.2, 0.25) is 0 Å². The lowest BCUT2D eigenvalue weighted by atomic mass is 9.66. The summed E-state index contributed by atoms with van der Waals surface area (Å²) in [6, 6.07) is 5.40. The summed E-state index contributed by atoms with van der Waals surface area (Å²) >= 11 is 0. The monoisotopic (exact) mass is 244 g/mol. The van der Waals surface area contributed by atoms with Crippen LogP contribution in [0.25, 0.3) is 0 Å². The lowest BCUT2D eigenvalue weighted by Crippen LogP contribution is -2.35. The van der Waals surface area contributed by atoms with Crippen LogP contribution >= 0.6 is 0 Å². The minimum Gasteiger partial charge on any atom is -0.396 e. The number of aliphatic hydroxyl groups excluding tert-OH is 1. The Kier molecular flexibility index (Phi) is 3.17. The number of alkyl halides is 3. The van der Waals surface area contributed by atoms with Gasteiger partial charge in [-0.05, 0) is 36.3 Å². The van der Waals surface area contributed by atoms with Crippen LogP contribution in [0.4, 0.5) is 13.2 Å². The normalized spacial score (nSPS) is 18.8. The highest BCUT2D eigenvalue weighted by Crippen LogP contribution is 2.43. The lowest BCUT2D eigenvalue weighted by Gasteiger charge is -2.40. The molecule has 1 fully saturated rings. The van der Waals surface area contributed by atoms with E-state index in [1.807, 2.05) is 0 Å². The van der Waals surface area contributed by atoms with Gasteiger partial charge in [0.1, 0.15) is 0 Å². The van der Waals surface area contributed by atoms with Gasteiger partial charge in [0.15, 0.2) is 0 Å². The number of hydrogen-bond donors (Lipinski definition) is 1. The fourth-order valence-electron chi connectivity index (χ4n) is 2.36. The van der Waals surface area contributed by atoms with Crippen LogP contribution in [-0.4, -0.2) is 11.7 Å². The second kappa shape index (κ2) is 4.33. The van der Waals surface area contributed by atoms with E-state index in [4.69, 9.17) is 0 Å². The Morgan fingerprint density at radius 1 is 1.24 bits per heavy atom. The molecule has 0 unspecified atom stereocenters. The Labute approximate surface area is 98.3 Å². The maximum atomic E-state index is 12.5. The Hall–Kier alpha value is -1.03. The van der Waals surface area contributed by atoms with Crippen molar-refractivity contribution in [3.63, 3.8) is 0 Å². The van der Waals surface area contributed by atoms with Crippen molar-refractivity contribution in [3.8, 4) is 0 Å². The lowest BCUT2D eigenvalue weighted by molar-refractivity contribution is -0.137. The van der Waals surface area contributed by atoms with E-state index in [1.165, 1.54) is 12.1 Å². The Bertz CT molecular complexity index is 388. The van der Waals surface area contributed by atoms with Gasteiger partial charge in [-0.25, -0.2) is 0 Å². The first-order valence-electron chi connectivity index (χ1n) is 5.72. The average molecular weight is 244 g/mol. The van der Waals surface area contributed by atoms with E-state index in [0.29, 0.717) is 12.0 Å². The smallest absolute Gasteiger partial charge is 0.396 e. The summed E-state index contributed by atoms with van der Waals surface area (Å²) in [6.45, 7) is 0.0588. The zero-order valence-electron chi connectivity index (χ0n) is 9.43. The molecule has 0 amide bonds. The minimum absolute atomic E-state index is 0.0588. The molecular weight excluding hydrogens is 229 g/mol. The van der Waals surface area contributed by atoms with Crippen molar-refractivity contribution in [3.05, 3.63) is 35.4 Å². The van der Waals surface area contributed by atoms with Gasteiger partial charge in [-0.3, -0.25) is 0 Å². The molecule has 17 heavy (non-hydrogen) atoms. The molecule has 0 radical (unpaired) electrons. The average Bonchev–Trinajstić information content (AvgIpc) is 2.23. The standard InChI is InChI=1S/C13H15F3O/c14-13(15,16)11-4-1-3-10(7-11)8-12(9-17)5-2-6-12/h1,3-4,7,17H,2,5-6,8-9H2. The van der Waals surface area contributed by atoms with Gasteiger partial charge in [-0.15, -0.1) is 0 Å². The van der Waals surface area contributed by atoms with Crippen LogP contribution in [0, 0.1) is 5.41 Å². The first-order valence-corrected chi connectivity index (χ1v) is 5.72. The molecule has 1 aromatic rings. The van der Waals surface area contributed by atoms with Gasteiger partial charge in [-0.2, -0.15) is 13.2 Å². The van der Waals surface area contributed by atoms with Crippen molar-refractivity contribution in [1.29, 1.82) is 0 Å². The molecule has 94 valence electrons. The molecule has 4 heteroatoms. The van der Waals surface area contributed by atoms with Crippen molar-refractivity contribution in [1.82, 2.24) is 0 Å². The minimum atomic E-state index is -4.29. The highest BCUT2D eigenvalue weighted by Gasteiger charge is 2.37. The molecule has 0 heterocycles. The van der Waals surface area contributed by atoms with E-state index in [0.717, 1.165) is 25.3 Å². The fourth-order valence-corrected chi connectivity index (χ4v) is 2.36. The van der Waals surface area contributed by atoms with Gasteiger partial charge in [0, 0.05) is 6.61 Å². The van der Waals surface area contributed by atoms with Crippen LogP contribution in [0.5, 0.6) is 0 Å². The molecule has 1 saturated carbocycles. The second-order valence-corrected chi connectivity index (χ2v) is 4.89. The molecule has 2 rings (SSSR count). The van der Waals surface area contributed by atoms with E-state index < -0.39 is 11.7 Å². The van der Waals surface area contributed by atoms with Gasteiger partial charge in [0.2, 0.25) is 0 Å². The molecular formula is C13H15F3O. The third-order valence-corrected chi connectivity index (χ3v) is 3.58. The first kappa shape index (κ1) is 12.4. The maximum Gasteiger partial charge on any atom is 0.416 e. The van der Waals surface area contributed by atoms with Crippen LogP contribution in [0.1, 0.15) is 30.4 Å². The van der Waals surface area contributed by atoms with Gasteiger partial charge >= 0.3 is 6.18 Å². The molecule has 1 aliphatic carbocycles. The molecule has 1 nitrogen and oxygen atoms in total. The van der Waals surface area contributed by atoms with Crippen LogP contribution in [-0.2, 0) is 12.6 Å². The quantitative estimate of drug-likeness (QED) is 0.863. The Morgan fingerprint density at radius 3 is 2.41 bits per heavy atom. The fraction of sp³-hybridized carbons (Fsp3) is 0.538. The van der Waals surface area contributed by atoms with E-state index in [2.05, 4.69) is 0 Å². The van der Waals surface area contributed by atoms with Gasteiger partial charge in [0.25, 0.3) is 0 Å². The van der Waals surface area contributed by atoms with Crippen molar-refractivity contribution < 1.29 is 18.3 Å². The van der Waals surface area contributed by atoms with E-state index in [1.54, 1.807) is 6.07 Å².